The fourth-order valence-electron chi connectivity index (χ4n) is 2.29. The summed E-state index contributed by atoms with van der Waals surface area (Å²) in [6.07, 6.45) is 8.10. The van der Waals surface area contributed by atoms with Gasteiger partial charge in [-0.1, -0.05) is 19.3 Å². The van der Waals surface area contributed by atoms with E-state index < -0.39 is 0 Å². The Morgan fingerprint density at radius 1 is 1.26 bits per heavy atom. The maximum atomic E-state index is 11.8. The number of hydrogen-bond acceptors (Lipinski definition) is 3. The lowest BCUT2D eigenvalue weighted by molar-refractivity contribution is 0.0955. The molecule has 1 N–H and O–H groups in total. The van der Waals surface area contributed by atoms with Crippen LogP contribution < -0.4 is 10.2 Å². The van der Waals surface area contributed by atoms with Gasteiger partial charge in [-0.3, -0.25) is 4.79 Å². The molecule has 2 rings (SSSR count). The van der Waals surface area contributed by atoms with Crippen LogP contribution >= 0.6 is 0 Å². The molecule has 102 valence electrons. The summed E-state index contributed by atoms with van der Waals surface area (Å²) in [5, 5.41) is 4.06. The van der Waals surface area contributed by atoms with E-state index in [-0.39, 0.29) is 5.91 Å². The average Bonchev–Trinajstić information content (AvgIpc) is 2.48. The molecule has 0 atom stereocenters. The fraction of sp³-hybridized carbons (Fsp3) is 0.467. The Bertz CT molecular complexity index is 434. The van der Waals surface area contributed by atoms with Gasteiger partial charge in [0.2, 0.25) is 0 Å². The summed E-state index contributed by atoms with van der Waals surface area (Å²) < 4.78 is 5.05. The van der Waals surface area contributed by atoms with Crippen LogP contribution in [0.5, 0.6) is 5.75 Å². The summed E-state index contributed by atoms with van der Waals surface area (Å²) in [5.41, 5.74) is 3.16. The maximum absolute atomic E-state index is 11.8. The molecule has 0 unspecified atom stereocenters. The number of ether oxygens (including phenoxy) is 1. The highest BCUT2D eigenvalue weighted by Gasteiger charge is 2.11. The number of benzene rings is 1. The van der Waals surface area contributed by atoms with E-state index in [1.807, 2.05) is 6.21 Å². The van der Waals surface area contributed by atoms with Crippen LogP contribution in [-0.4, -0.2) is 19.2 Å². The second kappa shape index (κ2) is 6.92. The molecule has 4 nitrogen and oxygen atoms in total. The minimum absolute atomic E-state index is 0.185. The second-order valence-electron chi connectivity index (χ2n) is 4.85. The molecule has 0 bridgehead atoms. The predicted octanol–water partition coefficient (Wildman–Crippen LogP) is 2.99. The summed E-state index contributed by atoms with van der Waals surface area (Å²) >= 11 is 0. The molecule has 1 saturated carbocycles. The molecule has 1 fully saturated rings. The number of nitrogens with zero attached hydrogens (tertiary/aromatic N) is 1. The van der Waals surface area contributed by atoms with E-state index in [1.165, 1.54) is 32.1 Å². The zero-order chi connectivity index (χ0) is 13.5. The van der Waals surface area contributed by atoms with Gasteiger partial charge in [0.05, 0.1) is 7.11 Å². The van der Waals surface area contributed by atoms with Crippen LogP contribution in [0.3, 0.4) is 0 Å². The van der Waals surface area contributed by atoms with Gasteiger partial charge in [-0.25, -0.2) is 5.43 Å². The quantitative estimate of drug-likeness (QED) is 0.668. The van der Waals surface area contributed by atoms with Crippen molar-refractivity contribution in [3.8, 4) is 5.75 Å². The molecule has 0 saturated heterocycles. The van der Waals surface area contributed by atoms with Crippen molar-refractivity contribution in [3.05, 3.63) is 29.8 Å². The number of nitrogens with one attached hydrogen (secondary N) is 1. The summed E-state index contributed by atoms with van der Waals surface area (Å²) in [6.45, 7) is 0. The minimum atomic E-state index is -0.185. The van der Waals surface area contributed by atoms with E-state index >= 15 is 0 Å². The molecule has 1 amide bonds. The standard InChI is InChI=1S/C15H20N2O2/c1-19-14-9-7-13(8-10-14)15(18)17-16-11-12-5-3-2-4-6-12/h7-12H,2-6H2,1H3,(H,17,18)/b16-11+. The number of rotatable bonds is 4. The van der Waals surface area contributed by atoms with E-state index in [9.17, 15) is 4.79 Å². The fourth-order valence-corrected chi connectivity index (χ4v) is 2.29. The second-order valence-corrected chi connectivity index (χ2v) is 4.85. The molecule has 4 heteroatoms. The summed E-state index contributed by atoms with van der Waals surface area (Å²) in [7, 11) is 1.60. The van der Waals surface area contributed by atoms with Crippen LogP contribution in [0.25, 0.3) is 0 Å². The van der Waals surface area contributed by atoms with Gasteiger partial charge in [0, 0.05) is 11.8 Å². The SMILES string of the molecule is COc1ccc(C(=O)N/N=C/C2CCCCC2)cc1. The van der Waals surface area contributed by atoms with Gasteiger partial charge in [-0.2, -0.15) is 5.10 Å². The van der Waals surface area contributed by atoms with Gasteiger partial charge in [0.15, 0.2) is 0 Å². The van der Waals surface area contributed by atoms with Crippen LogP contribution in [0.4, 0.5) is 0 Å². The molecule has 1 aliphatic rings. The third-order valence-corrected chi connectivity index (χ3v) is 3.45. The molecule has 1 aromatic rings. The van der Waals surface area contributed by atoms with Gasteiger partial charge in [0.1, 0.15) is 5.75 Å². The summed E-state index contributed by atoms with van der Waals surface area (Å²) in [5.74, 6) is 1.07. The topological polar surface area (TPSA) is 50.7 Å². The molecule has 0 heterocycles. The van der Waals surface area contributed by atoms with Gasteiger partial charge in [0.25, 0.3) is 5.91 Å². The Morgan fingerprint density at radius 2 is 1.95 bits per heavy atom. The molecule has 19 heavy (non-hydrogen) atoms. The zero-order valence-corrected chi connectivity index (χ0v) is 11.3. The lowest BCUT2D eigenvalue weighted by atomic mass is 9.90. The lowest BCUT2D eigenvalue weighted by Gasteiger charge is -2.16. The van der Waals surface area contributed by atoms with Crippen molar-refractivity contribution in [1.82, 2.24) is 5.43 Å². The molecular weight excluding hydrogens is 240 g/mol. The number of carbonyl (C=O) groups is 1. The van der Waals surface area contributed by atoms with Crippen LogP contribution in [0.15, 0.2) is 29.4 Å². The van der Waals surface area contributed by atoms with E-state index in [1.54, 1.807) is 31.4 Å². The molecular formula is C15H20N2O2. The number of amides is 1. The third-order valence-electron chi connectivity index (χ3n) is 3.45. The van der Waals surface area contributed by atoms with E-state index in [0.29, 0.717) is 11.5 Å². The highest BCUT2D eigenvalue weighted by atomic mass is 16.5. The highest BCUT2D eigenvalue weighted by Crippen LogP contribution is 2.21. The smallest absolute Gasteiger partial charge is 0.271 e. The van der Waals surface area contributed by atoms with Crippen LogP contribution in [-0.2, 0) is 0 Å². The van der Waals surface area contributed by atoms with Gasteiger partial charge >= 0.3 is 0 Å². The molecule has 0 aliphatic heterocycles. The average molecular weight is 260 g/mol. The molecule has 1 aliphatic carbocycles. The first kappa shape index (κ1) is 13.6. The van der Waals surface area contributed by atoms with Gasteiger partial charge < -0.3 is 4.74 Å². The largest absolute Gasteiger partial charge is 0.497 e. The van der Waals surface area contributed by atoms with Crippen molar-refractivity contribution in [1.29, 1.82) is 0 Å². The van der Waals surface area contributed by atoms with E-state index in [4.69, 9.17) is 4.74 Å². The predicted molar refractivity (Wildman–Crippen MR) is 75.5 cm³/mol. The first-order valence-corrected chi connectivity index (χ1v) is 6.77. The monoisotopic (exact) mass is 260 g/mol. The van der Waals surface area contributed by atoms with Crippen LogP contribution in [0.2, 0.25) is 0 Å². The minimum Gasteiger partial charge on any atom is -0.497 e. The number of methoxy groups -OCH3 is 1. The van der Waals surface area contributed by atoms with Crippen molar-refractivity contribution in [2.24, 2.45) is 11.0 Å². The van der Waals surface area contributed by atoms with Crippen molar-refractivity contribution < 1.29 is 9.53 Å². The van der Waals surface area contributed by atoms with Crippen LogP contribution in [0.1, 0.15) is 42.5 Å². The van der Waals surface area contributed by atoms with Gasteiger partial charge in [-0.15, -0.1) is 0 Å². The van der Waals surface area contributed by atoms with Crippen LogP contribution in [0, 0.1) is 5.92 Å². The Kier molecular flexibility index (Phi) is 4.95. The Labute approximate surface area is 113 Å². The zero-order valence-electron chi connectivity index (χ0n) is 11.3. The van der Waals surface area contributed by atoms with Gasteiger partial charge in [-0.05, 0) is 43.0 Å². The Hall–Kier alpha value is -1.84. The Balaban J connectivity index is 1.84. The molecule has 0 aromatic heterocycles. The normalized spacial score (nSPS) is 16.5. The lowest BCUT2D eigenvalue weighted by Crippen LogP contribution is -2.19. The van der Waals surface area contributed by atoms with Crippen molar-refractivity contribution in [3.63, 3.8) is 0 Å². The van der Waals surface area contributed by atoms with Crippen molar-refractivity contribution >= 4 is 12.1 Å². The van der Waals surface area contributed by atoms with E-state index in [0.717, 1.165) is 5.75 Å². The summed E-state index contributed by atoms with van der Waals surface area (Å²) in [6, 6.07) is 6.98. The van der Waals surface area contributed by atoms with Crippen molar-refractivity contribution in [2.75, 3.05) is 7.11 Å². The third kappa shape index (κ3) is 4.09. The molecule has 0 radical (unpaired) electrons. The van der Waals surface area contributed by atoms with Crippen molar-refractivity contribution in [2.45, 2.75) is 32.1 Å². The number of hydrazone groups is 1. The van der Waals surface area contributed by atoms with E-state index in [2.05, 4.69) is 10.5 Å². The molecule has 1 aromatic carbocycles. The first-order chi connectivity index (χ1) is 9.29. The first-order valence-electron chi connectivity index (χ1n) is 6.77. The number of hydrogen-bond donors (Lipinski definition) is 1. The number of carbonyl (C=O) groups excluding carboxylic acids is 1. The maximum Gasteiger partial charge on any atom is 0.271 e. The molecule has 0 spiro atoms. The summed E-state index contributed by atoms with van der Waals surface area (Å²) in [4.78, 5) is 11.8. The highest BCUT2D eigenvalue weighted by molar-refractivity contribution is 5.94. The Morgan fingerprint density at radius 3 is 2.58 bits per heavy atom.